The first-order valence-corrected chi connectivity index (χ1v) is 10.1. The molecule has 0 spiro atoms. The van der Waals surface area contributed by atoms with Crippen LogP contribution in [0, 0.1) is 0 Å². The number of nitrogens with zero attached hydrogens (tertiary/aromatic N) is 1. The predicted octanol–water partition coefficient (Wildman–Crippen LogP) is 5.07. The highest BCUT2D eigenvalue weighted by Gasteiger charge is 2.18. The van der Waals surface area contributed by atoms with Crippen LogP contribution in [-0.4, -0.2) is 43.3 Å². The molecule has 0 aromatic heterocycles. The lowest BCUT2D eigenvalue weighted by Gasteiger charge is -2.31. The average Bonchev–Trinajstić information content (AvgIpc) is 2.67. The Morgan fingerprint density at radius 3 is 2.77 bits per heavy atom. The van der Waals surface area contributed by atoms with Crippen molar-refractivity contribution in [1.82, 2.24) is 4.90 Å². The van der Waals surface area contributed by atoms with Crippen LogP contribution < -0.4 is 10.1 Å². The molecular formula is C21H34N2O3. The highest BCUT2D eigenvalue weighted by Crippen LogP contribution is 2.18. The molecule has 5 heteroatoms. The van der Waals surface area contributed by atoms with Crippen molar-refractivity contribution in [1.29, 1.82) is 0 Å². The van der Waals surface area contributed by atoms with Gasteiger partial charge in [-0.1, -0.05) is 38.7 Å². The van der Waals surface area contributed by atoms with Gasteiger partial charge in [0.25, 0.3) is 0 Å². The lowest BCUT2D eigenvalue weighted by Crippen LogP contribution is -2.40. The zero-order valence-corrected chi connectivity index (χ0v) is 16.3. The number of likely N-dealkylation sites (tertiary alicyclic amines) is 1. The molecule has 0 radical (unpaired) electrons. The molecule has 1 aliphatic heterocycles. The van der Waals surface area contributed by atoms with Crippen LogP contribution in [0.1, 0.15) is 58.8 Å². The third-order valence-electron chi connectivity index (χ3n) is 4.82. The Morgan fingerprint density at radius 2 is 2.00 bits per heavy atom. The molecule has 1 unspecified atom stereocenters. The van der Waals surface area contributed by atoms with Crippen LogP contribution in [0.4, 0.5) is 10.5 Å². The molecule has 5 nitrogen and oxygen atoms in total. The average molecular weight is 363 g/mol. The van der Waals surface area contributed by atoms with Crippen molar-refractivity contribution in [2.75, 3.05) is 31.6 Å². The molecule has 1 N–H and O–H groups in total. The molecule has 0 saturated carbocycles. The molecule has 1 aliphatic rings. The van der Waals surface area contributed by atoms with E-state index in [0.29, 0.717) is 18.9 Å². The number of unbranched alkanes of at least 4 members (excludes halogenated alkanes) is 3. The van der Waals surface area contributed by atoms with E-state index in [1.165, 1.54) is 38.5 Å². The number of carbonyl (C=O) groups excluding carboxylic acids is 1. The molecule has 1 aromatic carbocycles. The third-order valence-corrected chi connectivity index (χ3v) is 4.82. The number of rotatable bonds is 10. The van der Waals surface area contributed by atoms with Crippen molar-refractivity contribution in [2.45, 2.75) is 64.8 Å². The fourth-order valence-corrected chi connectivity index (χ4v) is 3.20. The number of carbonyl (C=O) groups is 1. The van der Waals surface area contributed by atoms with E-state index in [4.69, 9.17) is 9.47 Å². The Balaban J connectivity index is 1.69. The zero-order chi connectivity index (χ0) is 18.6. The second-order valence-electron chi connectivity index (χ2n) is 7.11. The number of anilines is 1. The van der Waals surface area contributed by atoms with Crippen molar-refractivity contribution >= 4 is 11.8 Å². The minimum Gasteiger partial charge on any atom is -0.494 e. The van der Waals surface area contributed by atoms with Crippen LogP contribution in [0.25, 0.3) is 0 Å². The lowest BCUT2D eigenvalue weighted by molar-refractivity contribution is 0.0935. The Bertz CT molecular complexity index is 530. The van der Waals surface area contributed by atoms with Crippen molar-refractivity contribution < 1.29 is 14.3 Å². The molecular weight excluding hydrogens is 328 g/mol. The van der Waals surface area contributed by atoms with Crippen LogP contribution >= 0.6 is 0 Å². The van der Waals surface area contributed by atoms with E-state index in [9.17, 15) is 4.79 Å². The Hall–Kier alpha value is -1.75. The Kier molecular flexibility index (Phi) is 9.32. The summed E-state index contributed by atoms with van der Waals surface area (Å²) in [4.78, 5) is 14.4. The molecule has 1 saturated heterocycles. The van der Waals surface area contributed by atoms with Crippen molar-refractivity contribution in [3.8, 4) is 5.75 Å². The minimum absolute atomic E-state index is 0.263. The summed E-state index contributed by atoms with van der Waals surface area (Å²) in [5.74, 6) is 0.779. The van der Waals surface area contributed by atoms with Crippen LogP contribution in [0.15, 0.2) is 24.3 Å². The molecule has 1 atom stereocenters. The second kappa shape index (κ2) is 11.8. The highest BCUT2D eigenvalue weighted by atomic mass is 16.5. The zero-order valence-electron chi connectivity index (χ0n) is 16.3. The van der Waals surface area contributed by atoms with Crippen molar-refractivity contribution in [2.24, 2.45) is 0 Å². The van der Waals surface area contributed by atoms with E-state index in [-0.39, 0.29) is 6.04 Å². The van der Waals surface area contributed by atoms with Gasteiger partial charge in [-0.25, -0.2) is 4.79 Å². The Labute approximate surface area is 158 Å². The SMILES string of the molecule is CCCCCCOc1cccc(NC(=O)OCC(C)N2CCCCC2)c1. The number of ether oxygens (including phenoxy) is 2. The van der Waals surface area contributed by atoms with Gasteiger partial charge in [0.1, 0.15) is 12.4 Å². The monoisotopic (exact) mass is 362 g/mol. The maximum Gasteiger partial charge on any atom is 0.411 e. The summed E-state index contributed by atoms with van der Waals surface area (Å²) >= 11 is 0. The number of amides is 1. The van der Waals surface area contributed by atoms with E-state index in [2.05, 4.69) is 24.1 Å². The van der Waals surface area contributed by atoms with Crippen LogP contribution in [0.2, 0.25) is 0 Å². The molecule has 2 rings (SSSR count). The molecule has 1 fully saturated rings. The van der Waals surface area contributed by atoms with Gasteiger partial charge in [0.2, 0.25) is 0 Å². The van der Waals surface area contributed by atoms with Crippen molar-refractivity contribution in [3.05, 3.63) is 24.3 Å². The van der Waals surface area contributed by atoms with Gasteiger partial charge < -0.3 is 9.47 Å². The van der Waals surface area contributed by atoms with E-state index < -0.39 is 6.09 Å². The summed E-state index contributed by atoms with van der Waals surface area (Å²) in [6, 6.07) is 7.75. The van der Waals surface area contributed by atoms with Gasteiger partial charge in [0, 0.05) is 17.8 Å². The fourth-order valence-electron chi connectivity index (χ4n) is 3.20. The molecule has 0 aliphatic carbocycles. The van der Waals surface area contributed by atoms with E-state index in [1.54, 1.807) is 0 Å². The molecule has 1 aromatic rings. The molecule has 1 heterocycles. The molecule has 26 heavy (non-hydrogen) atoms. The summed E-state index contributed by atoms with van der Waals surface area (Å²) in [5, 5.41) is 2.79. The topological polar surface area (TPSA) is 50.8 Å². The summed E-state index contributed by atoms with van der Waals surface area (Å²) < 4.78 is 11.1. The Morgan fingerprint density at radius 1 is 1.19 bits per heavy atom. The van der Waals surface area contributed by atoms with Gasteiger partial charge in [-0.05, 0) is 51.4 Å². The maximum atomic E-state index is 12.1. The van der Waals surface area contributed by atoms with Gasteiger partial charge in [0.15, 0.2) is 0 Å². The molecule has 1 amide bonds. The second-order valence-corrected chi connectivity index (χ2v) is 7.11. The van der Waals surface area contributed by atoms with E-state index in [1.807, 2.05) is 24.3 Å². The summed E-state index contributed by atoms with van der Waals surface area (Å²) in [7, 11) is 0. The number of hydrogen-bond acceptors (Lipinski definition) is 4. The van der Waals surface area contributed by atoms with Crippen LogP contribution in [0.3, 0.4) is 0 Å². The first kappa shape index (κ1) is 20.6. The minimum atomic E-state index is -0.408. The van der Waals surface area contributed by atoms with Gasteiger partial charge in [-0.15, -0.1) is 0 Å². The van der Waals surface area contributed by atoms with E-state index in [0.717, 1.165) is 25.3 Å². The highest BCUT2D eigenvalue weighted by molar-refractivity contribution is 5.84. The van der Waals surface area contributed by atoms with Gasteiger partial charge in [-0.2, -0.15) is 0 Å². The first-order valence-electron chi connectivity index (χ1n) is 10.1. The molecule has 0 bridgehead atoms. The lowest BCUT2D eigenvalue weighted by atomic mass is 10.1. The standard InChI is InChI=1S/C21H34N2O3/c1-3-4-5-9-15-25-20-12-10-11-19(16-20)22-21(24)26-17-18(2)23-13-7-6-8-14-23/h10-12,16,18H,3-9,13-15,17H2,1-2H3,(H,22,24). The van der Waals surface area contributed by atoms with Gasteiger partial charge in [-0.3, -0.25) is 10.2 Å². The summed E-state index contributed by atoms with van der Waals surface area (Å²) in [5.41, 5.74) is 0.701. The summed E-state index contributed by atoms with van der Waals surface area (Å²) in [6.07, 6.45) is 8.09. The van der Waals surface area contributed by atoms with Crippen molar-refractivity contribution in [3.63, 3.8) is 0 Å². The summed E-state index contributed by atoms with van der Waals surface area (Å²) in [6.45, 7) is 7.64. The van der Waals surface area contributed by atoms with Crippen LogP contribution in [-0.2, 0) is 4.74 Å². The normalized spacial score (nSPS) is 16.1. The van der Waals surface area contributed by atoms with Crippen LogP contribution in [0.5, 0.6) is 5.75 Å². The van der Waals surface area contributed by atoms with E-state index >= 15 is 0 Å². The predicted molar refractivity (Wildman–Crippen MR) is 106 cm³/mol. The maximum absolute atomic E-state index is 12.1. The van der Waals surface area contributed by atoms with Gasteiger partial charge >= 0.3 is 6.09 Å². The quantitative estimate of drug-likeness (QED) is 0.591. The van der Waals surface area contributed by atoms with Gasteiger partial charge in [0.05, 0.1) is 6.61 Å². The fraction of sp³-hybridized carbons (Fsp3) is 0.667. The number of hydrogen-bond donors (Lipinski definition) is 1. The smallest absolute Gasteiger partial charge is 0.411 e. The number of piperidine rings is 1. The first-order chi connectivity index (χ1) is 12.7. The number of nitrogens with one attached hydrogen (secondary N) is 1. The molecule has 146 valence electrons. The third kappa shape index (κ3) is 7.65. The number of benzene rings is 1. The largest absolute Gasteiger partial charge is 0.494 e.